The Balaban J connectivity index is 2.04. The molecule has 1 atom stereocenters. The van der Waals surface area contributed by atoms with E-state index in [-0.39, 0.29) is 11.5 Å². The molecule has 2 amide bonds. The van der Waals surface area contributed by atoms with Gasteiger partial charge >= 0.3 is 0 Å². The Morgan fingerprint density at radius 3 is 2.64 bits per heavy atom. The van der Waals surface area contributed by atoms with Gasteiger partial charge in [0.2, 0.25) is 5.91 Å². The molecule has 2 rings (SSSR count). The van der Waals surface area contributed by atoms with Gasteiger partial charge in [0.15, 0.2) is 11.6 Å². The van der Waals surface area contributed by atoms with Crippen LogP contribution >= 0.6 is 23.1 Å². The lowest BCUT2D eigenvalue weighted by atomic mass is 10.3. The molecule has 2 aromatic rings. The smallest absolute Gasteiger partial charge is 0.251 e. The molecule has 3 N–H and O–H groups in total. The molecule has 1 aromatic heterocycles. The largest absolute Gasteiger partial charge is 0.366 e. The Hall–Kier alpha value is -1.93. The molecule has 116 valence electrons. The van der Waals surface area contributed by atoms with E-state index in [2.05, 4.69) is 5.32 Å². The fourth-order valence-electron chi connectivity index (χ4n) is 1.62. The highest BCUT2D eigenvalue weighted by Crippen LogP contribution is 2.28. The number of hydrogen-bond donors (Lipinski definition) is 2. The number of rotatable bonds is 5. The quantitative estimate of drug-likeness (QED) is 0.819. The highest BCUT2D eigenvalue weighted by molar-refractivity contribution is 8.00. The molecule has 0 aliphatic carbocycles. The molecule has 1 aromatic carbocycles. The molecule has 8 heteroatoms. The van der Waals surface area contributed by atoms with Gasteiger partial charge in [-0.05, 0) is 36.6 Å². The second kappa shape index (κ2) is 6.89. The topological polar surface area (TPSA) is 72.2 Å². The molecule has 0 bridgehead atoms. The van der Waals surface area contributed by atoms with Crippen LogP contribution < -0.4 is 11.1 Å². The van der Waals surface area contributed by atoms with E-state index in [1.807, 2.05) is 0 Å². The standard InChI is InChI=1S/C14H12F2N2O2S2/c1-7(22-8-2-3-10(15)11(16)6-8)13(20)18-14-9(12(17)19)4-5-21-14/h2-7H,1H3,(H2,17,19)(H,18,20). The molecule has 0 spiro atoms. The maximum Gasteiger partial charge on any atom is 0.251 e. The van der Waals surface area contributed by atoms with Crippen molar-refractivity contribution in [3.05, 3.63) is 46.8 Å². The Bertz CT molecular complexity index is 719. The van der Waals surface area contributed by atoms with Crippen LogP contribution in [0.3, 0.4) is 0 Å². The van der Waals surface area contributed by atoms with Gasteiger partial charge in [-0.3, -0.25) is 9.59 Å². The van der Waals surface area contributed by atoms with Gasteiger partial charge in [-0.25, -0.2) is 8.78 Å². The molecule has 0 saturated carbocycles. The second-order valence-corrected chi connectivity index (χ2v) is 6.68. The predicted octanol–water partition coefficient (Wildman–Crippen LogP) is 3.24. The molecular weight excluding hydrogens is 330 g/mol. The summed E-state index contributed by atoms with van der Waals surface area (Å²) in [5.74, 6) is -2.89. The number of hydrogen-bond acceptors (Lipinski definition) is 4. The van der Waals surface area contributed by atoms with Crippen molar-refractivity contribution in [1.82, 2.24) is 0 Å². The third kappa shape index (κ3) is 3.83. The molecule has 0 aliphatic heterocycles. The van der Waals surface area contributed by atoms with Crippen LogP contribution in [0, 0.1) is 11.6 Å². The Morgan fingerprint density at radius 1 is 1.27 bits per heavy atom. The van der Waals surface area contributed by atoms with E-state index < -0.39 is 22.8 Å². The third-order valence-electron chi connectivity index (χ3n) is 2.74. The maximum absolute atomic E-state index is 13.1. The van der Waals surface area contributed by atoms with Crippen molar-refractivity contribution in [1.29, 1.82) is 0 Å². The van der Waals surface area contributed by atoms with E-state index >= 15 is 0 Å². The highest BCUT2D eigenvalue weighted by Gasteiger charge is 2.18. The van der Waals surface area contributed by atoms with E-state index in [1.165, 1.54) is 23.5 Å². The van der Waals surface area contributed by atoms with E-state index in [1.54, 1.807) is 12.3 Å². The van der Waals surface area contributed by atoms with Crippen molar-refractivity contribution in [2.45, 2.75) is 17.1 Å². The van der Waals surface area contributed by atoms with Crippen LogP contribution in [0.15, 0.2) is 34.5 Å². The summed E-state index contributed by atoms with van der Waals surface area (Å²) in [4.78, 5) is 23.7. The van der Waals surface area contributed by atoms with Crippen LogP contribution in [0.1, 0.15) is 17.3 Å². The van der Waals surface area contributed by atoms with Crippen molar-refractivity contribution in [3.63, 3.8) is 0 Å². The van der Waals surface area contributed by atoms with E-state index in [4.69, 9.17) is 5.73 Å². The first-order valence-electron chi connectivity index (χ1n) is 6.18. The average Bonchev–Trinajstić information content (AvgIpc) is 2.91. The molecule has 0 saturated heterocycles. The molecule has 0 radical (unpaired) electrons. The molecule has 1 unspecified atom stereocenters. The van der Waals surface area contributed by atoms with Crippen LogP contribution in [0.25, 0.3) is 0 Å². The average molecular weight is 342 g/mol. The Morgan fingerprint density at radius 2 is 2.00 bits per heavy atom. The predicted molar refractivity (Wildman–Crippen MR) is 83.1 cm³/mol. The van der Waals surface area contributed by atoms with Gasteiger partial charge < -0.3 is 11.1 Å². The number of amides is 2. The SMILES string of the molecule is CC(Sc1ccc(F)c(F)c1)C(=O)Nc1sccc1C(N)=O. The number of nitrogens with one attached hydrogen (secondary N) is 1. The summed E-state index contributed by atoms with van der Waals surface area (Å²) >= 11 is 2.26. The van der Waals surface area contributed by atoms with Crippen molar-refractivity contribution < 1.29 is 18.4 Å². The fraction of sp³-hybridized carbons (Fsp3) is 0.143. The van der Waals surface area contributed by atoms with Crippen molar-refractivity contribution in [3.8, 4) is 0 Å². The number of thioether (sulfide) groups is 1. The monoisotopic (exact) mass is 342 g/mol. The minimum absolute atomic E-state index is 0.239. The Kier molecular flexibility index (Phi) is 5.15. The summed E-state index contributed by atoms with van der Waals surface area (Å²) in [7, 11) is 0. The van der Waals surface area contributed by atoms with Gasteiger partial charge in [-0.15, -0.1) is 23.1 Å². The number of benzene rings is 1. The molecule has 0 aliphatic rings. The van der Waals surface area contributed by atoms with E-state index in [0.717, 1.165) is 23.9 Å². The summed E-state index contributed by atoms with van der Waals surface area (Å²) in [6, 6.07) is 4.96. The van der Waals surface area contributed by atoms with E-state index in [0.29, 0.717) is 9.90 Å². The first-order chi connectivity index (χ1) is 10.4. The van der Waals surface area contributed by atoms with Crippen molar-refractivity contribution in [2.75, 3.05) is 5.32 Å². The number of nitrogens with two attached hydrogens (primary N) is 1. The highest BCUT2D eigenvalue weighted by atomic mass is 32.2. The van der Waals surface area contributed by atoms with Crippen LogP contribution in [0.4, 0.5) is 13.8 Å². The van der Waals surface area contributed by atoms with Crippen LogP contribution in [0.2, 0.25) is 0 Å². The lowest BCUT2D eigenvalue weighted by molar-refractivity contribution is -0.115. The maximum atomic E-state index is 13.1. The summed E-state index contributed by atoms with van der Waals surface area (Å²) < 4.78 is 26.0. The summed E-state index contributed by atoms with van der Waals surface area (Å²) in [5.41, 5.74) is 5.44. The van der Waals surface area contributed by atoms with Gasteiger partial charge in [0, 0.05) is 4.90 Å². The first-order valence-corrected chi connectivity index (χ1v) is 7.94. The van der Waals surface area contributed by atoms with Crippen LogP contribution in [-0.2, 0) is 4.79 Å². The van der Waals surface area contributed by atoms with Crippen molar-refractivity contribution >= 4 is 39.9 Å². The summed E-state index contributed by atoms with van der Waals surface area (Å²) in [5, 5.41) is 4.06. The number of halogens is 2. The number of carbonyl (C=O) groups is 2. The Labute approximate surface area is 133 Å². The van der Waals surface area contributed by atoms with Crippen LogP contribution in [0.5, 0.6) is 0 Å². The number of thiophene rings is 1. The molecule has 1 heterocycles. The van der Waals surface area contributed by atoms with Gasteiger partial charge in [0.05, 0.1) is 10.8 Å². The zero-order valence-electron chi connectivity index (χ0n) is 11.4. The summed E-state index contributed by atoms with van der Waals surface area (Å²) in [6.07, 6.45) is 0. The fourth-order valence-corrected chi connectivity index (χ4v) is 3.31. The minimum Gasteiger partial charge on any atom is -0.366 e. The molecular formula is C14H12F2N2O2S2. The molecule has 22 heavy (non-hydrogen) atoms. The van der Waals surface area contributed by atoms with Gasteiger partial charge in [0.25, 0.3) is 5.91 Å². The molecule has 4 nitrogen and oxygen atoms in total. The number of carbonyl (C=O) groups excluding carboxylic acids is 2. The lowest BCUT2D eigenvalue weighted by Gasteiger charge is -2.12. The van der Waals surface area contributed by atoms with Crippen molar-refractivity contribution in [2.24, 2.45) is 5.73 Å². The summed E-state index contributed by atoms with van der Waals surface area (Å²) in [6.45, 7) is 1.62. The van der Waals surface area contributed by atoms with Gasteiger partial charge in [-0.2, -0.15) is 0 Å². The normalized spacial score (nSPS) is 12.0. The number of anilines is 1. The lowest BCUT2D eigenvalue weighted by Crippen LogP contribution is -2.23. The zero-order chi connectivity index (χ0) is 16.3. The number of primary amides is 1. The van der Waals surface area contributed by atoms with Gasteiger partial charge in [0.1, 0.15) is 5.00 Å². The van der Waals surface area contributed by atoms with Gasteiger partial charge in [-0.1, -0.05) is 0 Å². The minimum atomic E-state index is -0.966. The van der Waals surface area contributed by atoms with E-state index in [9.17, 15) is 18.4 Å². The second-order valence-electron chi connectivity index (χ2n) is 4.35. The third-order valence-corrected chi connectivity index (χ3v) is 4.66. The first kappa shape index (κ1) is 16.4. The van der Waals surface area contributed by atoms with Crippen LogP contribution in [-0.4, -0.2) is 17.1 Å². The zero-order valence-corrected chi connectivity index (χ0v) is 13.1. The molecule has 0 fully saturated rings.